The summed E-state index contributed by atoms with van der Waals surface area (Å²) in [7, 11) is -0.902. The molecule has 1 saturated heterocycles. The highest BCUT2D eigenvalue weighted by atomic mass is 35.5. The third-order valence-corrected chi connectivity index (χ3v) is 8.85. The first-order chi connectivity index (χ1) is 18.1. The minimum Gasteiger partial charge on any atom is -0.497 e. The van der Waals surface area contributed by atoms with Crippen molar-refractivity contribution >= 4 is 45.4 Å². The topological polar surface area (TPSA) is 111 Å². The largest absolute Gasteiger partial charge is 0.497 e. The average molecular weight is 560 g/mol. The number of amides is 1. The van der Waals surface area contributed by atoms with Gasteiger partial charge in [0.25, 0.3) is 0 Å². The molecule has 0 radical (unpaired) electrons. The molecule has 1 fully saturated rings. The van der Waals surface area contributed by atoms with Crippen LogP contribution in [0.4, 0.5) is 5.69 Å². The van der Waals surface area contributed by atoms with Gasteiger partial charge in [-0.2, -0.15) is 4.31 Å². The molecule has 1 amide bonds. The Morgan fingerprint density at radius 1 is 1.11 bits per heavy atom. The molecule has 1 aliphatic rings. The summed E-state index contributed by atoms with van der Waals surface area (Å²) in [5.74, 6) is 0.394. The average Bonchev–Trinajstić information content (AvgIpc) is 3.30. The first-order valence-electron chi connectivity index (χ1n) is 12.1. The van der Waals surface area contributed by atoms with Crippen LogP contribution in [0.25, 0.3) is 12.2 Å². The normalized spacial score (nSPS) is 15.1. The number of halogens is 1. The van der Waals surface area contributed by atoms with Crippen molar-refractivity contribution < 1.29 is 27.2 Å². The minimum atomic E-state index is -3.89. The van der Waals surface area contributed by atoms with Gasteiger partial charge >= 0.3 is 0 Å². The number of nitrogens with one attached hydrogen (secondary N) is 1. The molecule has 11 heteroatoms. The molecule has 0 bridgehead atoms. The molecule has 1 N–H and O–H groups in total. The summed E-state index contributed by atoms with van der Waals surface area (Å²) in [5.41, 5.74) is 2.67. The molecule has 1 aromatic heterocycles. The molecule has 4 rings (SSSR count). The molecule has 9 nitrogen and oxygen atoms in total. The minimum absolute atomic E-state index is 0.0403. The molecule has 2 aromatic carbocycles. The highest BCUT2D eigenvalue weighted by molar-refractivity contribution is 7.89. The zero-order chi connectivity index (χ0) is 27.4. The van der Waals surface area contributed by atoms with E-state index in [0.717, 1.165) is 11.1 Å². The number of ether oxygens (including phenoxy) is 2. The maximum atomic E-state index is 13.5. The Hall–Kier alpha value is -3.34. The van der Waals surface area contributed by atoms with E-state index < -0.39 is 15.9 Å². The van der Waals surface area contributed by atoms with E-state index in [1.807, 2.05) is 31.2 Å². The van der Waals surface area contributed by atoms with Gasteiger partial charge in [-0.25, -0.2) is 8.42 Å². The van der Waals surface area contributed by atoms with Crippen molar-refractivity contribution in [2.75, 3.05) is 32.6 Å². The molecule has 202 valence electrons. The quantitative estimate of drug-likeness (QED) is 0.405. The van der Waals surface area contributed by atoms with Crippen molar-refractivity contribution in [2.45, 2.75) is 31.6 Å². The predicted molar refractivity (Wildman–Crippen MR) is 146 cm³/mol. The Morgan fingerprint density at radius 3 is 2.42 bits per heavy atom. The first kappa shape index (κ1) is 27.7. The molecule has 1 aliphatic heterocycles. The highest BCUT2D eigenvalue weighted by Gasteiger charge is 2.36. The third-order valence-electron chi connectivity index (χ3n) is 6.49. The summed E-state index contributed by atoms with van der Waals surface area (Å²) in [6.45, 7) is 3.96. The lowest BCUT2D eigenvalue weighted by atomic mass is 9.97. The van der Waals surface area contributed by atoms with E-state index >= 15 is 0 Å². The zero-order valence-corrected chi connectivity index (χ0v) is 23.2. The number of methoxy groups -OCH3 is 2. The van der Waals surface area contributed by atoms with E-state index in [-0.39, 0.29) is 40.4 Å². The van der Waals surface area contributed by atoms with Crippen molar-refractivity contribution in [3.05, 3.63) is 64.0 Å². The lowest BCUT2D eigenvalue weighted by molar-refractivity contribution is -0.120. The van der Waals surface area contributed by atoms with Crippen molar-refractivity contribution in [1.82, 2.24) is 9.46 Å². The van der Waals surface area contributed by atoms with Gasteiger partial charge in [0.15, 0.2) is 10.7 Å². The smallest absolute Gasteiger partial charge is 0.248 e. The first-order valence-corrected chi connectivity index (χ1v) is 13.9. The van der Waals surface area contributed by atoms with E-state index in [9.17, 15) is 13.2 Å². The van der Waals surface area contributed by atoms with Crippen LogP contribution < -0.4 is 14.8 Å². The summed E-state index contributed by atoms with van der Waals surface area (Å²) in [5, 5.41) is 7.02. The third kappa shape index (κ3) is 5.87. The maximum absolute atomic E-state index is 13.5. The van der Waals surface area contributed by atoms with Crippen molar-refractivity contribution in [2.24, 2.45) is 5.92 Å². The van der Waals surface area contributed by atoms with Gasteiger partial charge in [-0.15, -0.1) is 0 Å². The summed E-state index contributed by atoms with van der Waals surface area (Å²) in [6, 6.07) is 11.0. The van der Waals surface area contributed by atoms with E-state index in [4.69, 9.17) is 25.6 Å². The van der Waals surface area contributed by atoms with E-state index in [1.54, 1.807) is 31.2 Å². The summed E-state index contributed by atoms with van der Waals surface area (Å²) in [6.07, 6.45) is 4.09. The van der Waals surface area contributed by atoms with Crippen LogP contribution >= 0.6 is 11.6 Å². The molecular weight excluding hydrogens is 530 g/mol. The molecule has 0 unspecified atom stereocenters. The number of aryl methyl sites for hydroxylation is 2. The van der Waals surface area contributed by atoms with Gasteiger partial charge in [-0.1, -0.05) is 52.7 Å². The number of carbonyl (C=O) groups is 1. The van der Waals surface area contributed by atoms with Crippen LogP contribution in [-0.4, -0.2) is 51.1 Å². The standard InChI is InChI=1S/C27H30ClN3O6S/c1-17-5-7-19(8-6-17)9-10-23-26(18(2)30-37-23)38(33,34)31-13-11-20(12-14-31)27(32)29-25-22(28)15-21(35-3)16-24(25)36-4/h5-10,15-16,20H,11-14H2,1-4H3,(H,29,32)/b10-9+. The second-order valence-corrected chi connectivity index (χ2v) is 11.3. The zero-order valence-electron chi connectivity index (χ0n) is 21.7. The predicted octanol–water partition coefficient (Wildman–Crippen LogP) is 5.17. The van der Waals surface area contributed by atoms with Gasteiger partial charge in [0.05, 0.1) is 19.2 Å². The second kappa shape index (κ2) is 11.6. The lowest BCUT2D eigenvalue weighted by Gasteiger charge is -2.30. The number of hydrogen-bond acceptors (Lipinski definition) is 7. The van der Waals surface area contributed by atoms with Gasteiger partial charge in [0.2, 0.25) is 15.9 Å². The molecule has 2 heterocycles. The Morgan fingerprint density at radius 2 is 1.79 bits per heavy atom. The van der Waals surface area contributed by atoms with Crippen LogP contribution in [-0.2, 0) is 14.8 Å². The van der Waals surface area contributed by atoms with Gasteiger partial charge in [-0.3, -0.25) is 4.79 Å². The molecule has 38 heavy (non-hydrogen) atoms. The Balaban J connectivity index is 1.45. The van der Waals surface area contributed by atoms with Gasteiger partial charge in [0, 0.05) is 31.1 Å². The lowest BCUT2D eigenvalue weighted by Crippen LogP contribution is -2.41. The van der Waals surface area contributed by atoms with Crippen LogP contribution in [0.5, 0.6) is 11.5 Å². The fourth-order valence-corrected chi connectivity index (χ4v) is 6.29. The summed E-state index contributed by atoms with van der Waals surface area (Å²) in [4.78, 5) is 13.1. The number of piperidine rings is 1. The summed E-state index contributed by atoms with van der Waals surface area (Å²) < 4.78 is 44.4. The monoisotopic (exact) mass is 559 g/mol. The maximum Gasteiger partial charge on any atom is 0.248 e. The van der Waals surface area contributed by atoms with Crippen LogP contribution in [0.15, 0.2) is 45.8 Å². The Bertz CT molecular complexity index is 1440. The van der Waals surface area contributed by atoms with Crippen LogP contribution in [0, 0.1) is 19.8 Å². The molecule has 3 aromatic rings. The molecule has 0 spiro atoms. The number of benzene rings is 2. The van der Waals surface area contributed by atoms with Crippen LogP contribution in [0.2, 0.25) is 5.02 Å². The van der Waals surface area contributed by atoms with E-state index in [0.29, 0.717) is 30.0 Å². The van der Waals surface area contributed by atoms with E-state index in [1.165, 1.54) is 18.5 Å². The molecule has 0 aliphatic carbocycles. The number of nitrogens with zero attached hydrogens (tertiary/aromatic N) is 2. The molecular formula is C27H30ClN3O6S. The number of aromatic nitrogens is 1. The fraction of sp³-hybridized carbons (Fsp3) is 0.333. The molecule has 0 saturated carbocycles. The van der Waals surface area contributed by atoms with Crippen LogP contribution in [0.1, 0.15) is 35.4 Å². The highest BCUT2D eigenvalue weighted by Crippen LogP contribution is 2.38. The second-order valence-electron chi connectivity index (χ2n) is 9.06. The van der Waals surface area contributed by atoms with Gasteiger partial charge < -0.3 is 19.3 Å². The van der Waals surface area contributed by atoms with Crippen LogP contribution in [0.3, 0.4) is 0 Å². The fourth-order valence-electron chi connectivity index (χ4n) is 4.32. The Kier molecular flexibility index (Phi) is 8.44. The molecule has 0 atom stereocenters. The number of hydrogen-bond donors (Lipinski definition) is 1. The van der Waals surface area contributed by atoms with Gasteiger partial charge in [-0.05, 0) is 38.3 Å². The number of rotatable bonds is 8. The summed E-state index contributed by atoms with van der Waals surface area (Å²) >= 11 is 6.33. The number of anilines is 1. The van der Waals surface area contributed by atoms with Crippen molar-refractivity contribution in [3.8, 4) is 11.5 Å². The van der Waals surface area contributed by atoms with Gasteiger partial charge in [0.1, 0.15) is 22.9 Å². The van der Waals surface area contributed by atoms with Crippen molar-refractivity contribution in [1.29, 1.82) is 0 Å². The van der Waals surface area contributed by atoms with E-state index in [2.05, 4.69) is 10.5 Å². The SMILES string of the molecule is COc1cc(Cl)c(NC(=O)C2CCN(S(=O)(=O)c3c(C)noc3/C=C/c3ccc(C)cc3)CC2)c(OC)c1. The Labute approximate surface area is 227 Å². The number of sulfonamides is 1. The number of carbonyl (C=O) groups excluding carboxylic acids is 1. The van der Waals surface area contributed by atoms with Crippen molar-refractivity contribution in [3.63, 3.8) is 0 Å².